The van der Waals surface area contributed by atoms with E-state index in [1.807, 2.05) is 12.2 Å². The summed E-state index contributed by atoms with van der Waals surface area (Å²) in [6, 6.07) is 0. The molecule has 0 bridgehead atoms. The third-order valence-electron chi connectivity index (χ3n) is 1.14. The highest BCUT2D eigenvalue weighted by Gasteiger charge is 1.94. The first-order valence-corrected chi connectivity index (χ1v) is 3.81. The summed E-state index contributed by atoms with van der Waals surface area (Å²) in [5.74, 6) is -0.366. The van der Waals surface area contributed by atoms with Crippen LogP contribution in [0.2, 0.25) is 0 Å². The summed E-state index contributed by atoms with van der Waals surface area (Å²) in [6.07, 6.45) is 4.47. The molecule has 70 valence electrons. The number of ether oxygens (including phenoxy) is 2. The highest BCUT2D eigenvalue weighted by Crippen LogP contribution is 1.86. The number of rotatable bonds is 6. The van der Waals surface area contributed by atoms with E-state index in [2.05, 4.69) is 0 Å². The van der Waals surface area contributed by atoms with Crippen molar-refractivity contribution in [2.75, 3.05) is 26.9 Å². The van der Waals surface area contributed by atoms with Crippen LogP contribution in [0.4, 0.5) is 0 Å². The van der Waals surface area contributed by atoms with Gasteiger partial charge in [-0.2, -0.15) is 0 Å². The van der Waals surface area contributed by atoms with Gasteiger partial charge in [0.05, 0.1) is 19.8 Å². The van der Waals surface area contributed by atoms with Gasteiger partial charge in [0, 0.05) is 7.11 Å². The number of carbonyl (C=O) groups excluding carboxylic acids is 1. The molecule has 0 aliphatic rings. The molecule has 0 aromatic heterocycles. The average Bonchev–Trinajstić information content (AvgIpc) is 2.10. The third-order valence-corrected chi connectivity index (χ3v) is 1.14. The van der Waals surface area contributed by atoms with E-state index in [-0.39, 0.29) is 12.5 Å². The van der Waals surface area contributed by atoms with Crippen molar-refractivity contribution in [3.05, 3.63) is 12.2 Å². The van der Waals surface area contributed by atoms with E-state index in [0.717, 1.165) is 0 Å². The van der Waals surface area contributed by atoms with Crippen molar-refractivity contribution < 1.29 is 14.3 Å². The molecule has 0 fully saturated rings. The Morgan fingerprint density at radius 1 is 1.50 bits per heavy atom. The van der Waals surface area contributed by atoms with Crippen LogP contribution in [0.15, 0.2) is 12.2 Å². The van der Waals surface area contributed by atoms with Gasteiger partial charge < -0.3 is 15.2 Å². The maximum Gasteiger partial charge on any atom is 0.319 e. The minimum Gasteiger partial charge on any atom is -0.464 e. The third kappa shape index (κ3) is 7.24. The lowest BCUT2D eigenvalue weighted by Gasteiger charge is -1.98. The minimum atomic E-state index is -0.366. The van der Waals surface area contributed by atoms with E-state index in [1.165, 1.54) is 0 Å². The van der Waals surface area contributed by atoms with E-state index in [4.69, 9.17) is 15.2 Å². The van der Waals surface area contributed by atoms with Crippen LogP contribution in [-0.2, 0) is 14.3 Å². The van der Waals surface area contributed by atoms with Crippen LogP contribution < -0.4 is 5.73 Å². The van der Waals surface area contributed by atoms with Crippen molar-refractivity contribution in [3.8, 4) is 0 Å². The van der Waals surface area contributed by atoms with Gasteiger partial charge in [0.2, 0.25) is 0 Å². The summed E-state index contributed by atoms with van der Waals surface area (Å²) >= 11 is 0. The Labute approximate surface area is 72.3 Å². The van der Waals surface area contributed by atoms with Crippen molar-refractivity contribution >= 4 is 5.97 Å². The second-order valence-corrected chi connectivity index (χ2v) is 2.14. The summed E-state index contributed by atoms with van der Waals surface area (Å²) in [4.78, 5) is 10.5. The SMILES string of the molecule is COC/C=C/CCOC(=O)CN. The fourth-order valence-electron chi connectivity index (χ4n) is 0.582. The molecule has 0 aromatic rings. The molecular formula is C8H15NO3. The molecule has 0 unspecified atom stereocenters. The Balaban J connectivity index is 3.15. The van der Waals surface area contributed by atoms with Gasteiger partial charge in [-0.3, -0.25) is 4.79 Å². The molecule has 12 heavy (non-hydrogen) atoms. The van der Waals surface area contributed by atoms with Crippen LogP contribution >= 0.6 is 0 Å². The number of hydrogen-bond acceptors (Lipinski definition) is 4. The topological polar surface area (TPSA) is 61.5 Å². The van der Waals surface area contributed by atoms with Gasteiger partial charge in [-0.1, -0.05) is 12.2 Å². The first kappa shape index (κ1) is 11.1. The van der Waals surface area contributed by atoms with E-state index >= 15 is 0 Å². The van der Waals surface area contributed by atoms with Gasteiger partial charge in [-0.05, 0) is 6.42 Å². The van der Waals surface area contributed by atoms with Crippen molar-refractivity contribution in [1.82, 2.24) is 0 Å². The summed E-state index contributed by atoms with van der Waals surface area (Å²) < 4.78 is 9.49. The van der Waals surface area contributed by atoms with Crippen molar-refractivity contribution in [2.24, 2.45) is 5.73 Å². The summed E-state index contributed by atoms with van der Waals surface area (Å²) in [5, 5.41) is 0. The molecule has 0 amide bonds. The molecule has 4 heteroatoms. The first-order chi connectivity index (χ1) is 5.81. The smallest absolute Gasteiger partial charge is 0.319 e. The molecule has 0 saturated carbocycles. The zero-order valence-electron chi connectivity index (χ0n) is 7.29. The zero-order chi connectivity index (χ0) is 9.23. The predicted octanol–water partition coefficient (Wildman–Crippen LogP) is 0.0810. The van der Waals surface area contributed by atoms with Crippen LogP contribution in [0.25, 0.3) is 0 Å². The van der Waals surface area contributed by atoms with Crippen LogP contribution in [0.3, 0.4) is 0 Å². The quantitative estimate of drug-likeness (QED) is 0.351. The van der Waals surface area contributed by atoms with Gasteiger partial charge in [0.1, 0.15) is 0 Å². The number of nitrogens with two attached hydrogens (primary N) is 1. The van der Waals surface area contributed by atoms with E-state index < -0.39 is 0 Å². The van der Waals surface area contributed by atoms with Gasteiger partial charge in [0.25, 0.3) is 0 Å². The fourth-order valence-corrected chi connectivity index (χ4v) is 0.582. The Hall–Kier alpha value is -0.870. The Morgan fingerprint density at radius 3 is 2.83 bits per heavy atom. The van der Waals surface area contributed by atoms with Gasteiger partial charge >= 0.3 is 5.97 Å². The molecule has 2 N–H and O–H groups in total. The first-order valence-electron chi connectivity index (χ1n) is 3.81. The molecule has 0 aliphatic heterocycles. The van der Waals surface area contributed by atoms with E-state index in [0.29, 0.717) is 19.6 Å². The Kier molecular flexibility index (Phi) is 7.63. The maximum absolute atomic E-state index is 10.5. The zero-order valence-corrected chi connectivity index (χ0v) is 7.29. The second-order valence-electron chi connectivity index (χ2n) is 2.14. The lowest BCUT2D eigenvalue weighted by Crippen LogP contribution is -2.16. The normalized spacial score (nSPS) is 10.5. The minimum absolute atomic E-state index is 0.0538. The molecule has 0 aromatic carbocycles. The highest BCUT2D eigenvalue weighted by atomic mass is 16.5. The summed E-state index contributed by atoms with van der Waals surface area (Å²) in [5.41, 5.74) is 5.02. The van der Waals surface area contributed by atoms with Crippen LogP contribution in [0.5, 0.6) is 0 Å². The molecule has 0 spiro atoms. The Morgan fingerprint density at radius 2 is 2.25 bits per heavy atom. The van der Waals surface area contributed by atoms with E-state index in [9.17, 15) is 4.79 Å². The van der Waals surface area contributed by atoms with Crippen molar-refractivity contribution in [1.29, 1.82) is 0 Å². The lowest BCUT2D eigenvalue weighted by molar-refractivity contribution is -0.141. The largest absolute Gasteiger partial charge is 0.464 e. The second kappa shape index (κ2) is 8.23. The number of hydrogen-bond donors (Lipinski definition) is 1. The number of carbonyl (C=O) groups is 1. The van der Waals surface area contributed by atoms with Gasteiger partial charge in [-0.25, -0.2) is 0 Å². The average molecular weight is 173 g/mol. The highest BCUT2D eigenvalue weighted by molar-refractivity contribution is 5.71. The molecule has 0 heterocycles. The lowest BCUT2D eigenvalue weighted by atomic mass is 10.4. The standard InChI is InChI=1S/C8H15NO3/c1-11-5-3-2-4-6-12-8(10)7-9/h2-3H,4-7,9H2,1H3/b3-2+. The monoisotopic (exact) mass is 173 g/mol. The van der Waals surface area contributed by atoms with E-state index in [1.54, 1.807) is 7.11 Å². The van der Waals surface area contributed by atoms with Crippen molar-refractivity contribution in [3.63, 3.8) is 0 Å². The van der Waals surface area contributed by atoms with Crippen molar-refractivity contribution in [2.45, 2.75) is 6.42 Å². The number of methoxy groups -OCH3 is 1. The summed E-state index contributed by atoms with van der Waals surface area (Å²) in [7, 11) is 1.62. The predicted molar refractivity (Wildman–Crippen MR) is 45.6 cm³/mol. The Bertz CT molecular complexity index is 145. The fraction of sp³-hybridized carbons (Fsp3) is 0.625. The maximum atomic E-state index is 10.5. The molecule has 0 radical (unpaired) electrons. The molecule has 4 nitrogen and oxygen atoms in total. The molecule has 0 aliphatic carbocycles. The molecule has 0 atom stereocenters. The van der Waals surface area contributed by atoms with Gasteiger partial charge in [0.15, 0.2) is 0 Å². The molecular weight excluding hydrogens is 158 g/mol. The van der Waals surface area contributed by atoms with Gasteiger partial charge in [-0.15, -0.1) is 0 Å². The molecule has 0 rings (SSSR count). The van der Waals surface area contributed by atoms with Crippen LogP contribution in [0.1, 0.15) is 6.42 Å². The molecule has 0 saturated heterocycles. The van der Waals surface area contributed by atoms with Crippen LogP contribution in [-0.4, -0.2) is 32.8 Å². The summed E-state index contributed by atoms with van der Waals surface area (Å²) in [6.45, 7) is 0.920. The number of esters is 1. The van der Waals surface area contributed by atoms with Crippen LogP contribution in [0, 0.1) is 0 Å².